The molecular weight excluding hydrogens is 429 g/mol. The Balaban J connectivity index is 1.99. The normalized spacial score (nSPS) is 10.9. The van der Waals surface area contributed by atoms with Crippen molar-refractivity contribution in [3.05, 3.63) is 71.5 Å². The van der Waals surface area contributed by atoms with Crippen LogP contribution >= 0.6 is 0 Å². The minimum Gasteiger partial charge on any atom is -0.478 e. The Bertz CT molecular complexity index is 1350. The third-order valence-corrected chi connectivity index (χ3v) is 5.07. The number of nitrogens with zero attached hydrogens (tertiary/aromatic N) is 1. The maximum atomic E-state index is 13.4. The van der Waals surface area contributed by atoms with E-state index in [1.165, 1.54) is 43.4 Å². The third kappa shape index (κ3) is 4.26. The monoisotopic (exact) mass is 449 g/mol. The minimum atomic E-state index is -1.08. The molecule has 4 aromatic rings. The first-order valence-electron chi connectivity index (χ1n) is 10.1. The number of anilines is 1. The molecule has 0 spiro atoms. The van der Waals surface area contributed by atoms with Gasteiger partial charge in [0, 0.05) is 24.7 Å². The summed E-state index contributed by atoms with van der Waals surface area (Å²) in [6.45, 7) is 0.0365. The van der Waals surface area contributed by atoms with Gasteiger partial charge in [-0.25, -0.2) is 9.18 Å². The Morgan fingerprint density at radius 3 is 2.52 bits per heavy atom. The maximum absolute atomic E-state index is 13.4. The van der Waals surface area contributed by atoms with E-state index in [1.807, 2.05) is 0 Å². The summed E-state index contributed by atoms with van der Waals surface area (Å²) in [7, 11) is 1.48. The smallest absolute Gasteiger partial charge is 0.335 e. The van der Waals surface area contributed by atoms with Crippen LogP contribution in [-0.4, -0.2) is 47.3 Å². The Labute approximate surface area is 187 Å². The third-order valence-electron chi connectivity index (χ3n) is 5.07. The van der Waals surface area contributed by atoms with E-state index in [4.69, 9.17) is 4.42 Å². The van der Waals surface area contributed by atoms with Crippen molar-refractivity contribution in [1.29, 1.82) is 0 Å². The summed E-state index contributed by atoms with van der Waals surface area (Å²) >= 11 is 0. The summed E-state index contributed by atoms with van der Waals surface area (Å²) in [5.74, 6) is -1.35. The van der Waals surface area contributed by atoms with Gasteiger partial charge in [0.15, 0.2) is 0 Å². The van der Waals surface area contributed by atoms with Gasteiger partial charge in [0.1, 0.15) is 17.4 Å². The van der Waals surface area contributed by atoms with Gasteiger partial charge in [0.2, 0.25) is 5.71 Å². The van der Waals surface area contributed by atoms with Crippen molar-refractivity contribution < 1.29 is 28.6 Å². The van der Waals surface area contributed by atoms with Gasteiger partial charge in [-0.15, -0.1) is 0 Å². The zero-order chi connectivity index (χ0) is 23.5. The number of nitrogens with one attached hydrogen (secondary N) is 2. The molecular formula is C24H20FN3O5. The molecule has 0 fully saturated rings. The van der Waals surface area contributed by atoms with Crippen LogP contribution in [0.1, 0.15) is 20.7 Å². The van der Waals surface area contributed by atoms with Gasteiger partial charge >= 0.3 is 5.97 Å². The summed E-state index contributed by atoms with van der Waals surface area (Å²) in [5, 5.41) is 24.6. The predicted molar refractivity (Wildman–Crippen MR) is 121 cm³/mol. The molecule has 8 nitrogen and oxygen atoms in total. The largest absolute Gasteiger partial charge is 0.478 e. The van der Waals surface area contributed by atoms with Gasteiger partial charge in [0.05, 0.1) is 23.1 Å². The lowest BCUT2D eigenvalue weighted by molar-refractivity contribution is 0.0696. The number of halogens is 1. The Hall–Kier alpha value is -4.24. The molecule has 0 saturated carbocycles. The summed E-state index contributed by atoms with van der Waals surface area (Å²) in [5.41, 5.74) is 2.04. The van der Waals surface area contributed by atoms with Crippen LogP contribution < -0.4 is 10.6 Å². The highest BCUT2D eigenvalue weighted by molar-refractivity contribution is 6.11. The number of carbonyl (C=O) groups excluding carboxylic acids is 1. The van der Waals surface area contributed by atoms with Crippen molar-refractivity contribution in [3.63, 3.8) is 0 Å². The molecule has 168 valence electrons. The first-order valence-corrected chi connectivity index (χ1v) is 10.1. The molecule has 2 aromatic carbocycles. The minimum absolute atomic E-state index is 0.0893. The van der Waals surface area contributed by atoms with Crippen LogP contribution in [0.15, 0.2) is 59.0 Å². The second-order valence-electron chi connectivity index (χ2n) is 7.17. The molecule has 0 atom stereocenters. The first kappa shape index (κ1) is 22.0. The molecule has 4 rings (SSSR count). The molecule has 0 radical (unpaired) electrons. The molecule has 2 aromatic heterocycles. The van der Waals surface area contributed by atoms with Crippen molar-refractivity contribution in [2.24, 2.45) is 0 Å². The summed E-state index contributed by atoms with van der Waals surface area (Å²) < 4.78 is 19.4. The average Bonchev–Trinajstić information content (AvgIpc) is 3.20. The Kier molecular flexibility index (Phi) is 6.05. The molecule has 0 aliphatic carbocycles. The molecule has 0 aliphatic heterocycles. The van der Waals surface area contributed by atoms with Gasteiger partial charge in [0.25, 0.3) is 5.91 Å². The van der Waals surface area contributed by atoms with E-state index in [2.05, 4.69) is 15.6 Å². The number of hydrogen-bond acceptors (Lipinski definition) is 6. The number of rotatable bonds is 7. The number of aliphatic hydroxyl groups is 1. The molecule has 0 aliphatic rings. The van der Waals surface area contributed by atoms with Crippen molar-refractivity contribution >= 4 is 28.8 Å². The fourth-order valence-corrected chi connectivity index (χ4v) is 3.53. The highest BCUT2D eigenvalue weighted by Gasteiger charge is 2.24. The molecule has 2 heterocycles. The summed E-state index contributed by atoms with van der Waals surface area (Å²) in [6.07, 6.45) is 0. The zero-order valence-electron chi connectivity index (χ0n) is 17.6. The van der Waals surface area contributed by atoms with Crippen molar-refractivity contribution in [2.45, 2.75) is 0 Å². The van der Waals surface area contributed by atoms with E-state index in [0.717, 1.165) is 0 Å². The van der Waals surface area contributed by atoms with E-state index in [9.17, 15) is 24.2 Å². The number of carboxylic acids is 1. The molecule has 4 N–H and O–H groups in total. The summed E-state index contributed by atoms with van der Waals surface area (Å²) in [4.78, 5) is 28.8. The molecule has 1 amide bonds. The van der Waals surface area contributed by atoms with E-state index in [-0.39, 0.29) is 35.8 Å². The lowest BCUT2D eigenvalue weighted by Gasteiger charge is -2.11. The van der Waals surface area contributed by atoms with Crippen molar-refractivity contribution in [1.82, 2.24) is 10.3 Å². The number of amides is 1. The lowest BCUT2D eigenvalue weighted by atomic mass is 10.00. The number of fused-ring (bicyclic) bond motifs is 1. The Morgan fingerprint density at radius 2 is 1.85 bits per heavy atom. The lowest BCUT2D eigenvalue weighted by Crippen LogP contribution is -2.18. The van der Waals surface area contributed by atoms with E-state index >= 15 is 0 Å². The number of aromatic carboxylic acids is 1. The highest BCUT2D eigenvalue weighted by Crippen LogP contribution is 2.38. The van der Waals surface area contributed by atoms with E-state index < -0.39 is 17.7 Å². The maximum Gasteiger partial charge on any atom is 0.335 e. The molecule has 33 heavy (non-hydrogen) atoms. The van der Waals surface area contributed by atoms with Crippen molar-refractivity contribution in [3.8, 4) is 22.5 Å². The fourth-order valence-electron chi connectivity index (χ4n) is 3.53. The van der Waals surface area contributed by atoms with Crippen LogP contribution in [0.2, 0.25) is 0 Å². The van der Waals surface area contributed by atoms with Gasteiger partial charge in [-0.2, -0.15) is 4.98 Å². The SMILES string of the molecule is CNC(=O)c1c(-c2ccc(F)cc2)oc2nc(NCCO)c(-c3cccc(C(=O)O)c3)cc12. The number of aromatic nitrogens is 1. The van der Waals surface area contributed by atoms with Crippen LogP contribution in [0.5, 0.6) is 0 Å². The fraction of sp³-hybridized carbons (Fsp3) is 0.125. The average molecular weight is 449 g/mol. The number of pyridine rings is 1. The van der Waals surface area contributed by atoms with Gasteiger partial charge < -0.3 is 25.3 Å². The van der Waals surface area contributed by atoms with Gasteiger partial charge in [-0.1, -0.05) is 12.1 Å². The van der Waals surface area contributed by atoms with E-state index in [1.54, 1.807) is 18.2 Å². The Morgan fingerprint density at radius 1 is 1.09 bits per heavy atom. The number of benzene rings is 2. The van der Waals surface area contributed by atoms with Crippen LogP contribution in [0.4, 0.5) is 10.2 Å². The summed E-state index contributed by atoms with van der Waals surface area (Å²) in [6, 6.07) is 13.5. The number of carbonyl (C=O) groups is 2. The van der Waals surface area contributed by atoms with Crippen LogP contribution in [0.25, 0.3) is 33.6 Å². The van der Waals surface area contributed by atoms with Crippen LogP contribution in [-0.2, 0) is 0 Å². The predicted octanol–water partition coefficient (Wildman–Crippen LogP) is 3.76. The quantitative estimate of drug-likeness (QED) is 0.339. The number of aliphatic hydroxyl groups excluding tert-OH is 1. The molecule has 0 bridgehead atoms. The topological polar surface area (TPSA) is 125 Å². The standard InChI is InChI=1S/C24H20FN3O5/c1-26-22(30)19-18-12-17(14-3-2-4-15(11-14)24(31)32)21(27-9-10-29)28-23(18)33-20(19)13-5-7-16(25)8-6-13/h2-8,11-12,29H,9-10H2,1H3,(H,26,30)(H,27,28)(H,31,32). The second-order valence-corrected chi connectivity index (χ2v) is 7.17. The number of carboxylic acid groups (broad SMARTS) is 1. The van der Waals surface area contributed by atoms with E-state index in [0.29, 0.717) is 27.9 Å². The molecule has 0 unspecified atom stereocenters. The number of hydrogen-bond donors (Lipinski definition) is 4. The highest BCUT2D eigenvalue weighted by atomic mass is 19.1. The zero-order valence-corrected chi connectivity index (χ0v) is 17.6. The molecule has 0 saturated heterocycles. The van der Waals surface area contributed by atoms with Crippen LogP contribution in [0.3, 0.4) is 0 Å². The van der Waals surface area contributed by atoms with Crippen molar-refractivity contribution in [2.75, 3.05) is 25.5 Å². The van der Waals surface area contributed by atoms with Crippen LogP contribution in [0, 0.1) is 5.82 Å². The second kappa shape index (κ2) is 9.09. The number of furan rings is 1. The molecule has 9 heteroatoms. The first-order chi connectivity index (χ1) is 15.9. The van der Waals surface area contributed by atoms with Gasteiger partial charge in [-0.05, 0) is 48.0 Å². The van der Waals surface area contributed by atoms with Gasteiger partial charge in [-0.3, -0.25) is 4.79 Å².